The number of nitrogens with zero attached hydrogens (tertiary/aromatic N) is 2. The van der Waals surface area contributed by atoms with E-state index >= 15 is 0 Å². The Labute approximate surface area is 149 Å². The highest BCUT2D eigenvalue weighted by Gasteiger charge is 2.06. The lowest BCUT2D eigenvalue weighted by Gasteiger charge is -2.14. The van der Waals surface area contributed by atoms with Gasteiger partial charge < -0.3 is 15.4 Å². The summed E-state index contributed by atoms with van der Waals surface area (Å²) in [5, 5.41) is 6.63. The van der Waals surface area contributed by atoms with Gasteiger partial charge in [-0.05, 0) is 57.2 Å². The molecule has 0 spiro atoms. The van der Waals surface area contributed by atoms with Crippen LogP contribution in [0.15, 0.2) is 48.2 Å². The van der Waals surface area contributed by atoms with Crippen LogP contribution in [0.5, 0.6) is 5.75 Å². The summed E-state index contributed by atoms with van der Waals surface area (Å²) in [6.45, 7) is 3.49. The third kappa shape index (κ3) is 5.21. The highest BCUT2D eigenvalue weighted by Crippen LogP contribution is 2.26. The Morgan fingerprint density at radius 1 is 1.16 bits per heavy atom. The van der Waals surface area contributed by atoms with Gasteiger partial charge in [0.1, 0.15) is 11.6 Å². The predicted octanol–water partition coefficient (Wildman–Crippen LogP) is 4.92. The molecule has 132 valence electrons. The van der Waals surface area contributed by atoms with E-state index in [-0.39, 0.29) is 0 Å². The van der Waals surface area contributed by atoms with Gasteiger partial charge in [-0.2, -0.15) is 4.98 Å². The molecule has 0 radical (unpaired) electrons. The number of allylic oxidation sites excluding steroid dienone is 1. The first-order valence-corrected chi connectivity index (χ1v) is 9.09. The lowest BCUT2D eigenvalue weighted by Crippen LogP contribution is -2.07. The molecule has 1 aromatic carbocycles. The van der Waals surface area contributed by atoms with E-state index in [1.807, 2.05) is 37.3 Å². The average molecular weight is 338 g/mol. The number of anilines is 3. The topological polar surface area (TPSA) is 59.1 Å². The minimum Gasteiger partial charge on any atom is -0.492 e. The van der Waals surface area contributed by atoms with Crippen molar-refractivity contribution < 1.29 is 4.74 Å². The van der Waals surface area contributed by atoms with E-state index in [2.05, 4.69) is 26.7 Å². The summed E-state index contributed by atoms with van der Waals surface area (Å²) < 4.78 is 5.63. The van der Waals surface area contributed by atoms with Gasteiger partial charge in [-0.25, -0.2) is 4.98 Å². The largest absolute Gasteiger partial charge is 0.492 e. The maximum atomic E-state index is 5.63. The van der Waals surface area contributed by atoms with Crippen LogP contribution in [0, 0.1) is 0 Å². The van der Waals surface area contributed by atoms with Crippen LogP contribution in [0.4, 0.5) is 17.5 Å². The molecule has 1 heterocycles. The molecule has 1 aromatic heterocycles. The molecule has 0 aliphatic heterocycles. The van der Waals surface area contributed by atoms with E-state index < -0.39 is 0 Å². The monoisotopic (exact) mass is 338 g/mol. The van der Waals surface area contributed by atoms with E-state index in [4.69, 9.17) is 4.74 Å². The molecule has 5 nitrogen and oxygen atoms in total. The maximum absolute atomic E-state index is 5.63. The van der Waals surface area contributed by atoms with Crippen LogP contribution in [0.25, 0.3) is 0 Å². The Morgan fingerprint density at radius 2 is 2.08 bits per heavy atom. The molecule has 0 bridgehead atoms. The number of hydrogen-bond donors (Lipinski definition) is 2. The van der Waals surface area contributed by atoms with Crippen molar-refractivity contribution in [3.63, 3.8) is 0 Å². The summed E-state index contributed by atoms with van der Waals surface area (Å²) in [6, 6.07) is 9.71. The summed E-state index contributed by atoms with van der Waals surface area (Å²) in [5.74, 6) is 2.20. The van der Waals surface area contributed by atoms with Crippen molar-refractivity contribution in [2.75, 3.05) is 23.8 Å². The number of ether oxygens (including phenoxy) is 1. The number of para-hydroxylation sites is 2. The number of hydrogen-bond acceptors (Lipinski definition) is 5. The molecular formula is C20H26N4O. The molecule has 5 heteroatoms. The predicted molar refractivity (Wildman–Crippen MR) is 103 cm³/mol. The summed E-state index contributed by atoms with van der Waals surface area (Å²) in [7, 11) is 0. The second-order valence-electron chi connectivity index (χ2n) is 6.10. The summed E-state index contributed by atoms with van der Waals surface area (Å²) in [6.07, 6.45) is 10.4. The van der Waals surface area contributed by atoms with Crippen molar-refractivity contribution >= 4 is 17.5 Å². The standard InChI is InChI=1S/C20H26N4O/c1-2-25-18-11-7-6-10-17(18)23-20-22-15-13-19(24-20)21-14-12-16-8-4-3-5-9-16/h6-8,10-11,13,15H,2-5,9,12,14H2,1H3,(H2,21,22,23,24). The van der Waals surface area contributed by atoms with Gasteiger partial charge in [-0.3, -0.25) is 0 Å². The van der Waals surface area contributed by atoms with E-state index in [1.165, 1.54) is 25.7 Å². The zero-order valence-electron chi connectivity index (χ0n) is 14.8. The van der Waals surface area contributed by atoms with Gasteiger partial charge in [0.15, 0.2) is 0 Å². The van der Waals surface area contributed by atoms with Crippen LogP contribution < -0.4 is 15.4 Å². The second-order valence-corrected chi connectivity index (χ2v) is 6.10. The van der Waals surface area contributed by atoms with Gasteiger partial charge in [0.25, 0.3) is 0 Å². The fourth-order valence-electron chi connectivity index (χ4n) is 2.97. The van der Waals surface area contributed by atoms with E-state index in [0.717, 1.165) is 30.2 Å². The van der Waals surface area contributed by atoms with Gasteiger partial charge in [0, 0.05) is 12.7 Å². The van der Waals surface area contributed by atoms with Crippen molar-refractivity contribution in [1.29, 1.82) is 0 Å². The number of nitrogens with one attached hydrogen (secondary N) is 2. The van der Waals surface area contributed by atoms with Gasteiger partial charge in [0.05, 0.1) is 12.3 Å². The van der Waals surface area contributed by atoms with Crippen molar-refractivity contribution in [3.8, 4) is 5.75 Å². The van der Waals surface area contributed by atoms with Crippen LogP contribution >= 0.6 is 0 Å². The molecule has 0 saturated carbocycles. The Kier molecular flexibility index (Phi) is 6.26. The van der Waals surface area contributed by atoms with E-state index in [9.17, 15) is 0 Å². The molecule has 1 aliphatic carbocycles. The Balaban J connectivity index is 1.59. The quantitative estimate of drug-likeness (QED) is 0.669. The summed E-state index contributed by atoms with van der Waals surface area (Å²) in [5.41, 5.74) is 2.44. The van der Waals surface area contributed by atoms with Crippen molar-refractivity contribution in [2.24, 2.45) is 0 Å². The molecule has 1 aliphatic rings. The van der Waals surface area contributed by atoms with E-state index in [0.29, 0.717) is 12.6 Å². The van der Waals surface area contributed by atoms with Crippen molar-refractivity contribution in [1.82, 2.24) is 9.97 Å². The molecule has 0 atom stereocenters. The fourth-order valence-corrected chi connectivity index (χ4v) is 2.97. The summed E-state index contributed by atoms with van der Waals surface area (Å²) in [4.78, 5) is 8.85. The lowest BCUT2D eigenvalue weighted by molar-refractivity contribution is 0.342. The molecule has 0 saturated heterocycles. The van der Waals surface area contributed by atoms with Crippen LogP contribution in [-0.2, 0) is 0 Å². The Bertz CT molecular complexity index is 714. The molecule has 0 amide bonds. The van der Waals surface area contributed by atoms with Crippen LogP contribution in [0.2, 0.25) is 0 Å². The van der Waals surface area contributed by atoms with Gasteiger partial charge in [0.2, 0.25) is 5.95 Å². The van der Waals surface area contributed by atoms with Crippen molar-refractivity contribution in [2.45, 2.75) is 39.0 Å². The van der Waals surface area contributed by atoms with Gasteiger partial charge >= 0.3 is 0 Å². The van der Waals surface area contributed by atoms with Crippen LogP contribution in [-0.4, -0.2) is 23.1 Å². The molecule has 25 heavy (non-hydrogen) atoms. The fraction of sp³-hybridized carbons (Fsp3) is 0.400. The number of rotatable bonds is 8. The number of benzene rings is 1. The number of aromatic nitrogens is 2. The van der Waals surface area contributed by atoms with Crippen LogP contribution in [0.1, 0.15) is 39.0 Å². The first-order chi connectivity index (χ1) is 12.3. The van der Waals surface area contributed by atoms with Gasteiger partial charge in [-0.1, -0.05) is 23.8 Å². The highest BCUT2D eigenvalue weighted by molar-refractivity contribution is 5.62. The van der Waals surface area contributed by atoms with Crippen molar-refractivity contribution in [3.05, 3.63) is 48.2 Å². The smallest absolute Gasteiger partial charge is 0.229 e. The zero-order chi connectivity index (χ0) is 17.3. The average Bonchev–Trinajstić information content (AvgIpc) is 2.65. The maximum Gasteiger partial charge on any atom is 0.229 e. The molecule has 3 rings (SSSR count). The molecule has 2 N–H and O–H groups in total. The molecule has 0 unspecified atom stereocenters. The highest BCUT2D eigenvalue weighted by atomic mass is 16.5. The molecule has 0 fully saturated rings. The van der Waals surface area contributed by atoms with E-state index in [1.54, 1.807) is 11.8 Å². The SMILES string of the molecule is CCOc1ccccc1Nc1nccc(NCCC2=CCCCC2)n1. The summed E-state index contributed by atoms with van der Waals surface area (Å²) >= 11 is 0. The minimum atomic E-state index is 0.564. The Morgan fingerprint density at radius 3 is 2.92 bits per heavy atom. The third-order valence-corrected chi connectivity index (χ3v) is 4.23. The zero-order valence-corrected chi connectivity index (χ0v) is 14.8. The minimum absolute atomic E-state index is 0.564. The first kappa shape index (κ1) is 17.3. The second kappa shape index (κ2) is 9.06. The first-order valence-electron chi connectivity index (χ1n) is 9.09. The molecule has 2 aromatic rings. The Hall–Kier alpha value is -2.56. The van der Waals surface area contributed by atoms with Crippen LogP contribution in [0.3, 0.4) is 0 Å². The lowest BCUT2D eigenvalue weighted by atomic mass is 9.97. The molecular weight excluding hydrogens is 312 g/mol. The third-order valence-electron chi connectivity index (χ3n) is 4.23. The normalized spacial score (nSPS) is 13.9. The van der Waals surface area contributed by atoms with Gasteiger partial charge in [-0.15, -0.1) is 0 Å².